The molecule has 0 spiro atoms. The van der Waals surface area contributed by atoms with Crippen LogP contribution >= 0.6 is 0 Å². The normalized spacial score (nSPS) is 20.5. The van der Waals surface area contributed by atoms with Gasteiger partial charge in [-0.15, -0.1) is 10.2 Å². The van der Waals surface area contributed by atoms with E-state index in [0.717, 1.165) is 24.1 Å². The highest BCUT2D eigenvalue weighted by Crippen LogP contribution is 2.24. The molecule has 2 aromatic rings. The Labute approximate surface area is 180 Å². The minimum Gasteiger partial charge on any atom is -0.381 e. The van der Waals surface area contributed by atoms with Crippen LogP contribution in [0.4, 0.5) is 8.78 Å². The van der Waals surface area contributed by atoms with Crippen molar-refractivity contribution in [3.8, 4) is 0 Å². The fraction of sp³-hybridized carbons (Fsp3) is 0.591. The average Bonchev–Trinajstić information content (AvgIpc) is 3.36. The number of halogens is 2. The third-order valence-corrected chi connectivity index (χ3v) is 6.10. The number of nitrogens with one attached hydrogen (secondary N) is 1. The molecule has 0 unspecified atom stereocenters. The Morgan fingerprint density at radius 3 is 2.81 bits per heavy atom. The van der Waals surface area contributed by atoms with Gasteiger partial charge in [-0.1, -0.05) is 19.9 Å². The van der Waals surface area contributed by atoms with Crippen molar-refractivity contribution in [1.29, 1.82) is 0 Å². The third kappa shape index (κ3) is 4.93. The second kappa shape index (κ2) is 9.40. The molecule has 2 aliphatic heterocycles. The summed E-state index contributed by atoms with van der Waals surface area (Å²) in [7, 11) is 0. The van der Waals surface area contributed by atoms with E-state index in [-0.39, 0.29) is 23.8 Å². The highest BCUT2D eigenvalue weighted by Gasteiger charge is 2.31. The smallest absolute Gasteiger partial charge is 0.226 e. The zero-order valence-electron chi connectivity index (χ0n) is 18.0. The molecule has 1 aromatic heterocycles. The molecule has 31 heavy (non-hydrogen) atoms. The summed E-state index contributed by atoms with van der Waals surface area (Å²) in [5.74, 6) is 0.548. The Morgan fingerprint density at radius 1 is 1.26 bits per heavy atom. The number of hydrogen-bond acceptors (Lipinski definition) is 5. The quantitative estimate of drug-likeness (QED) is 0.758. The lowest BCUT2D eigenvalue weighted by Gasteiger charge is -2.24. The van der Waals surface area contributed by atoms with Crippen LogP contribution < -0.4 is 5.32 Å². The Kier molecular flexibility index (Phi) is 6.62. The molecule has 1 aromatic carbocycles. The molecule has 2 aliphatic rings. The molecule has 1 fully saturated rings. The van der Waals surface area contributed by atoms with Crippen molar-refractivity contribution >= 4 is 5.91 Å². The number of rotatable bonds is 6. The molecule has 4 rings (SSSR count). The minimum absolute atomic E-state index is 0.00409. The number of nitrogens with zero attached hydrogens (tertiary/aromatic N) is 4. The summed E-state index contributed by atoms with van der Waals surface area (Å²) in [4.78, 5) is 14.8. The summed E-state index contributed by atoms with van der Waals surface area (Å²) in [5.41, 5.74) is 0.477. The molecule has 7 nitrogen and oxygen atoms in total. The van der Waals surface area contributed by atoms with Gasteiger partial charge in [-0.25, -0.2) is 8.78 Å². The summed E-state index contributed by atoms with van der Waals surface area (Å²) >= 11 is 0. The summed E-state index contributed by atoms with van der Waals surface area (Å²) in [6.45, 7) is 7.63. The lowest BCUT2D eigenvalue weighted by molar-refractivity contribution is -0.126. The lowest BCUT2D eigenvalue weighted by Crippen LogP contribution is -2.38. The Balaban J connectivity index is 1.46. The molecule has 1 N–H and O–H groups in total. The zero-order valence-corrected chi connectivity index (χ0v) is 18.0. The molecule has 0 aliphatic carbocycles. The molecule has 1 saturated heterocycles. The van der Waals surface area contributed by atoms with Crippen molar-refractivity contribution in [2.24, 2.45) is 11.8 Å². The Bertz CT molecular complexity index is 927. The third-order valence-electron chi connectivity index (χ3n) is 6.10. The number of fused-ring (bicyclic) bond motifs is 1. The summed E-state index contributed by atoms with van der Waals surface area (Å²) in [6, 6.07) is 3.47. The first-order valence-corrected chi connectivity index (χ1v) is 10.9. The van der Waals surface area contributed by atoms with Gasteiger partial charge in [-0.05, 0) is 18.4 Å². The van der Waals surface area contributed by atoms with E-state index in [9.17, 15) is 13.6 Å². The number of benzene rings is 1. The first-order chi connectivity index (χ1) is 14.9. The van der Waals surface area contributed by atoms with E-state index in [1.165, 1.54) is 12.1 Å². The highest BCUT2D eigenvalue weighted by atomic mass is 19.1. The molecule has 0 saturated carbocycles. The van der Waals surface area contributed by atoms with Crippen LogP contribution in [0.5, 0.6) is 0 Å². The largest absolute Gasteiger partial charge is 0.381 e. The van der Waals surface area contributed by atoms with Gasteiger partial charge >= 0.3 is 0 Å². The Hall–Kier alpha value is -2.39. The number of amides is 1. The molecular formula is C22H29F2N5O2. The van der Waals surface area contributed by atoms with Crippen molar-refractivity contribution in [3.05, 3.63) is 47.0 Å². The maximum Gasteiger partial charge on any atom is 0.226 e. The van der Waals surface area contributed by atoms with Gasteiger partial charge in [-0.3, -0.25) is 9.69 Å². The van der Waals surface area contributed by atoms with Gasteiger partial charge in [0.15, 0.2) is 5.82 Å². The Morgan fingerprint density at radius 2 is 2.10 bits per heavy atom. The van der Waals surface area contributed by atoms with Gasteiger partial charge < -0.3 is 14.6 Å². The van der Waals surface area contributed by atoms with E-state index in [4.69, 9.17) is 4.74 Å². The van der Waals surface area contributed by atoms with Crippen LogP contribution in [-0.2, 0) is 29.0 Å². The summed E-state index contributed by atoms with van der Waals surface area (Å²) < 4.78 is 34.7. The first-order valence-electron chi connectivity index (χ1n) is 10.9. The number of aromatic nitrogens is 3. The molecule has 0 bridgehead atoms. The predicted octanol–water partition coefficient (Wildman–Crippen LogP) is 2.46. The molecule has 3 heterocycles. The topological polar surface area (TPSA) is 72.3 Å². The first kappa shape index (κ1) is 21.8. The van der Waals surface area contributed by atoms with E-state index in [0.29, 0.717) is 51.4 Å². The average molecular weight is 434 g/mol. The van der Waals surface area contributed by atoms with Crippen LogP contribution in [0.25, 0.3) is 0 Å². The van der Waals surface area contributed by atoms with Crippen molar-refractivity contribution in [3.63, 3.8) is 0 Å². The van der Waals surface area contributed by atoms with Crippen molar-refractivity contribution in [2.75, 3.05) is 26.3 Å². The summed E-state index contributed by atoms with van der Waals surface area (Å²) in [6.07, 6.45) is 1.41. The monoisotopic (exact) mass is 433 g/mol. The van der Waals surface area contributed by atoms with E-state index in [2.05, 4.69) is 38.8 Å². The van der Waals surface area contributed by atoms with Gasteiger partial charge in [0, 0.05) is 50.8 Å². The number of carbonyl (C=O) groups is 1. The molecule has 168 valence electrons. The fourth-order valence-electron chi connectivity index (χ4n) is 4.21. The van der Waals surface area contributed by atoms with Crippen molar-refractivity contribution in [2.45, 2.75) is 45.8 Å². The maximum atomic E-state index is 14.1. The fourth-order valence-corrected chi connectivity index (χ4v) is 4.21. The van der Waals surface area contributed by atoms with Crippen LogP contribution in [0.1, 0.15) is 43.5 Å². The van der Waals surface area contributed by atoms with E-state index in [1.54, 1.807) is 0 Å². The minimum atomic E-state index is -0.570. The molecule has 2 atom stereocenters. The van der Waals surface area contributed by atoms with Crippen LogP contribution in [0.15, 0.2) is 18.2 Å². The molecule has 0 radical (unpaired) electrons. The number of carbonyl (C=O) groups excluding carboxylic acids is 1. The van der Waals surface area contributed by atoms with Gasteiger partial charge in [0.2, 0.25) is 5.91 Å². The number of hydrogen-bond donors (Lipinski definition) is 1. The molecule has 9 heteroatoms. The van der Waals surface area contributed by atoms with E-state index in [1.807, 2.05) is 0 Å². The van der Waals surface area contributed by atoms with E-state index < -0.39 is 11.6 Å². The summed E-state index contributed by atoms with van der Waals surface area (Å²) in [5, 5.41) is 12.0. The molecular weight excluding hydrogens is 404 g/mol. The standard InChI is InChI=1S/C22H29F2N5O2/c1-14(2)20(25-22(30)16-6-10-31-13-16)21-27-26-19-5-7-28(8-9-29(19)21)12-15-3-4-17(23)11-18(15)24/h3-4,11,14,16,20H,5-10,12-13H2,1-2H3,(H,25,30)/t16-,20+/m0/s1. The van der Waals surface area contributed by atoms with Gasteiger partial charge in [0.05, 0.1) is 18.6 Å². The van der Waals surface area contributed by atoms with Crippen molar-refractivity contribution < 1.29 is 18.3 Å². The SMILES string of the molecule is CC(C)[C@@H](NC(=O)[C@H]1CCOC1)c1nnc2n1CCN(Cc1ccc(F)cc1F)CC2. The second-order valence-corrected chi connectivity index (χ2v) is 8.68. The molecule has 1 amide bonds. The van der Waals surface area contributed by atoms with Crippen LogP contribution in [0, 0.1) is 23.5 Å². The number of ether oxygens (including phenoxy) is 1. The van der Waals surface area contributed by atoms with Crippen LogP contribution in [-0.4, -0.2) is 51.9 Å². The van der Waals surface area contributed by atoms with Crippen molar-refractivity contribution in [1.82, 2.24) is 25.0 Å². The predicted molar refractivity (Wildman–Crippen MR) is 110 cm³/mol. The lowest BCUT2D eigenvalue weighted by atomic mass is 10.0. The van der Waals surface area contributed by atoms with Gasteiger partial charge in [0.1, 0.15) is 17.5 Å². The van der Waals surface area contributed by atoms with Gasteiger partial charge in [-0.2, -0.15) is 0 Å². The zero-order chi connectivity index (χ0) is 22.0. The maximum absolute atomic E-state index is 14.1. The highest BCUT2D eigenvalue weighted by molar-refractivity contribution is 5.79. The van der Waals surface area contributed by atoms with Crippen LogP contribution in [0.3, 0.4) is 0 Å². The van der Waals surface area contributed by atoms with E-state index >= 15 is 0 Å². The van der Waals surface area contributed by atoms with Crippen LogP contribution in [0.2, 0.25) is 0 Å². The second-order valence-electron chi connectivity index (χ2n) is 8.68. The van der Waals surface area contributed by atoms with Gasteiger partial charge in [0.25, 0.3) is 0 Å².